The van der Waals surface area contributed by atoms with Gasteiger partial charge in [-0.05, 0) is 56.9 Å². The van der Waals surface area contributed by atoms with Gasteiger partial charge in [-0.15, -0.1) is 0 Å². The minimum atomic E-state index is -0.0874. The summed E-state index contributed by atoms with van der Waals surface area (Å²) in [6, 6.07) is 7.81. The Morgan fingerprint density at radius 2 is 1.75 bits per heavy atom. The Balaban J connectivity index is 1.56. The first-order chi connectivity index (χ1) is 9.69. The van der Waals surface area contributed by atoms with Crippen LogP contribution < -0.4 is 5.32 Å². The fourth-order valence-corrected chi connectivity index (χ4v) is 4.29. The predicted molar refractivity (Wildman–Crippen MR) is 81.1 cm³/mol. The predicted octanol–water partition coefficient (Wildman–Crippen LogP) is 4.98. The summed E-state index contributed by atoms with van der Waals surface area (Å²) in [5, 5.41) is 3.64. The second-order valence-corrected chi connectivity index (χ2v) is 6.89. The van der Waals surface area contributed by atoms with Crippen LogP contribution in [-0.4, -0.2) is 6.04 Å². The summed E-state index contributed by atoms with van der Waals surface area (Å²) >= 11 is 0. The minimum absolute atomic E-state index is 0.0874. The Kier molecular flexibility index (Phi) is 4.11. The second-order valence-electron chi connectivity index (χ2n) is 6.89. The fraction of sp³-hybridized carbons (Fsp3) is 0.667. The highest BCUT2D eigenvalue weighted by atomic mass is 19.1. The van der Waals surface area contributed by atoms with E-state index >= 15 is 0 Å². The molecule has 0 aromatic heterocycles. The van der Waals surface area contributed by atoms with Gasteiger partial charge >= 0.3 is 0 Å². The number of hydrogen-bond acceptors (Lipinski definition) is 1. The first kappa shape index (κ1) is 14.1. The van der Waals surface area contributed by atoms with Gasteiger partial charge in [0.05, 0.1) is 0 Å². The number of hydrogen-bond donors (Lipinski definition) is 1. The van der Waals surface area contributed by atoms with Gasteiger partial charge in [0.25, 0.3) is 0 Å². The van der Waals surface area contributed by atoms with Crippen molar-refractivity contribution in [3.8, 4) is 0 Å². The molecule has 1 unspecified atom stereocenters. The molecule has 1 aromatic rings. The molecule has 1 aromatic carbocycles. The summed E-state index contributed by atoms with van der Waals surface area (Å²) in [6.07, 6.45) is 11.0. The maximum absolute atomic E-state index is 13.8. The third kappa shape index (κ3) is 2.90. The molecule has 2 heteroatoms. The molecule has 110 valence electrons. The zero-order chi connectivity index (χ0) is 14.0. The number of nitrogens with one attached hydrogen (secondary N) is 1. The zero-order valence-corrected chi connectivity index (χ0v) is 12.5. The molecule has 1 spiro atoms. The van der Waals surface area contributed by atoms with Gasteiger partial charge in [-0.1, -0.05) is 31.0 Å². The Morgan fingerprint density at radius 3 is 2.40 bits per heavy atom. The van der Waals surface area contributed by atoms with Crippen LogP contribution in [0, 0.1) is 11.2 Å². The lowest BCUT2D eigenvalue weighted by Gasteiger charge is -2.38. The SMILES string of the molecule is CC(NC1CCC2(CCCC2)CC1)c1ccccc1F. The van der Waals surface area contributed by atoms with Gasteiger partial charge in [0, 0.05) is 17.6 Å². The van der Waals surface area contributed by atoms with Crippen molar-refractivity contribution in [2.24, 2.45) is 5.41 Å². The standard InChI is InChI=1S/C18H26FN/c1-14(16-6-2-3-7-17(16)19)20-15-8-12-18(13-9-15)10-4-5-11-18/h2-3,6-7,14-15,20H,4-5,8-13H2,1H3. The van der Waals surface area contributed by atoms with E-state index in [4.69, 9.17) is 0 Å². The quantitative estimate of drug-likeness (QED) is 0.820. The molecule has 0 bridgehead atoms. The van der Waals surface area contributed by atoms with Gasteiger partial charge in [-0.3, -0.25) is 0 Å². The smallest absolute Gasteiger partial charge is 0.127 e. The molecule has 0 aliphatic heterocycles. The summed E-state index contributed by atoms with van der Waals surface area (Å²) in [5.41, 5.74) is 1.48. The summed E-state index contributed by atoms with van der Waals surface area (Å²) < 4.78 is 13.8. The van der Waals surface area contributed by atoms with Crippen molar-refractivity contribution in [3.63, 3.8) is 0 Å². The molecule has 20 heavy (non-hydrogen) atoms. The van der Waals surface area contributed by atoms with E-state index in [2.05, 4.69) is 12.2 Å². The number of rotatable bonds is 3. The van der Waals surface area contributed by atoms with Crippen LogP contribution in [0.5, 0.6) is 0 Å². The topological polar surface area (TPSA) is 12.0 Å². The van der Waals surface area contributed by atoms with Crippen molar-refractivity contribution in [1.82, 2.24) is 5.32 Å². The minimum Gasteiger partial charge on any atom is -0.307 e. The summed E-state index contributed by atoms with van der Waals surface area (Å²) in [4.78, 5) is 0. The average molecular weight is 275 g/mol. The zero-order valence-electron chi connectivity index (χ0n) is 12.5. The van der Waals surface area contributed by atoms with Crippen LogP contribution >= 0.6 is 0 Å². The third-order valence-corrected chi connectivity index (χ3v) is 5.57. The molecule has 0 heterocycles. The lowest BCUT2D eigenvalue weighted by molar-refractivity contribution is 0.163. The average Bonchev–Trinajstić information content (AvgIpc) is 2.90. The molecule has 0 saturated heterocycles. The molecular weight excluding hydrogens is 249 g/mol. The van der Waals surface area contributed by atoms with E-state index in [1.54, 1.807) is 12.1 Å². The van der Waals surface area contributed by atoms with Gasteiger partial charge in [-0.25, -0.2) is 4.39 Å². The van der Waals surface area contributed by atoms with Crippen LogP contribution in [0.25, 0.3) is 0 Å². The van der Waals surface area contributed by atoms with E-state index in [0.717, 1.165) is 5.56 Å². The van der Waals surface area contributed by atoms with Crippen LogP contribution in [0.3, 0.4) is 0 Å². The normalized spacial score (nSPS) is 24.1. The highest BCUT2D eigenvalue weighted by molar-refractivity contribution is 5.20. The van der Waals surface area contributed by atoms with Crippen molar-refractivity contribution >= 4 is 0 Å². The van der Waals surface area contributed by atoms with Crippen molar-refractivity contribution < 1.29 is 4.39 Å². The Morgan fingerprint density at radius 1 is 1.10 bits per heavy atom. The molecule has 2 fully saturated rings. The number of benzene rings is 1. The summed E-state index contributed by atoms with van der Waals surface area (Å²) in [7, 11) is 0. The van der Waals surface area contributed by atoms with Crippen molar-refractivity contribution in [2.75, 3.05) is 0 Å². The van der Waals surface area contributed by atoms with Crippen molar-refractivity contribution in [1.29, 1.82) is 0 Å². The summed E-state index contributed by atoms with van der Waals surface area (Å²) in [5.74, 6) is -0.0874. The molecule has 3 rings (SSSR count). The van der Waals surface area contributed by atoms with Crippen LogP contribution in [0.1, 0.15) is 69.9 Å². The van der Waals surface area contributed by atoms with E-state index in [1.165, 1.54) is 51.4 Å². The molecule has 2 aliphatic carbocycles. The maximum atomic E-state index is 13.8. The first-order valence-electron chi connectivity index (χ1n) is 8.19. The Labute approximate surface area is 122 Å². The molecule has 1 nitrogen and oxygen atoms in total. The van der Waals surface area contributed by atoms with E-state index in [0.29, 0.717) is 11.5 Å². The molecule has 1 N–H and O–H groups in total. The second kappa shape index (κ2) is 5.85. The molecule has 1 atom stereocenters. The van der Waals surface area contributed by atoms with Crippen molar-refractivity contribution in [2.45, 2.75) is 70.4 Å². The van der Waals surface area contributed by atoms with Gasteiger partial charge in [0.15, 0.2) is 0 Å². The molecule has 2 aliphatic rings. The van der Waals surface area contributed by atoms with Gasteiger partial charge in [-0.2, -0.15) is 0 Å². The lowest BCUT2D eigenvalue weighted by atomic mass is 9.71. The van der Waals surface area contributed by atoms with E-state index < -0.39 is 0 Å². The van der Waals surface area contributed by atoms with Crippen LogP contribution in [0.15, 0.2) is 24.3 Å². The largest absolute Gasteiger partial charge is 0.307 e. The summed E-state index contributed by atoms with van der Waals surface area (Å²) in [6.45, 7) is 2.08. The molecular formula is C18H26FN. The van der Waals surface area contributed by atoms with E-state index in [1.807, 2.05) is 12.1 Å². The van der Waals surface area contributed by atoms with Crippen LogP contribution in [0.2, 0.25) is 0 Å². The van der Waals surface area contributed by atoms with Crippen LogP contribution in [0.4, 0.5) is 4.39 Å². The van der Waals surface area contributed by atoms with Crippen LogP contribution in [-0.2, 0) is 0 Å². The first-order valence-corrected chi connectivity index (χ1v) is 8.19. The molecule has 0 amide bonds. The third-order valence-electron chi connectivity index (χ3n) is 5.57. The lowest BCUT2D eigenvalue weighted by Crippen LogP contribution is -2.38. The van der Waals surface area contributed by atoms with E-state index in [9.17, 15) is 4.39 Å². The van der Waals surface area contributed by atoms with Gasteiger partial charge in [0.1, 0.15) is 5.82 Å². The highest BCUT2D eigenvalue weighted by Gasteiger charge is 2.37. The Hall–Kier alpha value is -0.890. The van der Waals surface area contributed by atoms with Gasteiger partial charge < -0.3 is 5.32 Å². The maximum Gasteiger partial charge on any atom is 0.127 e. The fourth-order valence-electron chi connectivity index (χ4n) is 4.29. The monoisotopic (exact) mass is 275 g/mol. The Bertz CT molecular complexity index is 440. The molecule has 0 radical (unpaired) electrons. The van der Waals surface area contributed by atoms with Crippen molar-refractivity contribution in [3.05, 3.63) is 35.6 Å². The number of halogens is 1. The van der Waals surface area contributed by atoms with Gasteiger partial charge in [0.2, 0.25) is 0 Å². The highest BCUT2D eigenvalue weighted by Crippen LogP contribution is 2.49. The molecule has 2 saturated carbocycles. The van der Waals surface area contributed by atoms with E-state index in [-0.39, 0.29) is 11.9 Å².